The van der Waals surface area contributed by atoms with E-state index in [-0.39, 0.29) is 6.42 Å². The van der Waals surface area contributed by atoms with Crippen molar-refractivity contribution in [2.75, 3.05) is 6.61 Å². The number of hydrogen-bond acceptors (Lipinski definition) is 2. The summed E-state index contributed by atoms with van der Waals surface area (Å²) >= 11 is 11.8. The number of carboxylic acid groups (broad SMARTS) is 1. The van der Waals surface area contributed by atoms with Crippen LogP contribution in [-0.4, -0.2) is 17.7 Å². The Morgan fingerprint density at radius 1 is 1.41 bits per heavy atom. The highest BCUT2D eigenvalue weighted by atomic mass is 35.5. The molecule has 0 bridgehead atoms. The molecule has 0 atom stereocenters. The standard InChI is InChI=1S/C12H14Cl2O3/c1-7(2)6-17-12-8(4-11(15)16)3-9(13)5-10(12)14/h3,5,7H,4,6H2,1-2H3,(H,15,16). The van der Waals surface area contributed by atoms with Crippen molar-refractivity contribution in [2.24, 2.45) is 5.92 Å². The summed E-state index contributed by atoms with van der Waals surface area (Å²) in [6.07, 6.45) is -0.159. The average Bonchev–Trinajstić information content (AvgIpc) is 2.14. The molecule has 0 spiro atoms. The number of aliphatic carboxylic acids is 1. The number of benzene rings is 1. The van der Waals surface area contributed by atoms with E-state index in [9.17, 15) is 4.79 Å². The second kappa shape index (κ2) is 6.12. The molecule has 5 heteroatoms. The van der Waals surface area contributed by atoms with Crippen LogP contribution >= 0.6 is 23.2 Å². The number of carboxylic acids is 1. The van der Waals surface area contributed by atoms with Gasteiger partial charge in [-0.15, -0.1) is 0 Å². The van der Waals surface area contributed by atoms with Crippen LogP contribution in [-0.2, 0) is 11.2 Å². The van der Waals surface area contributed by atoms with Crippen molar-refractivity contribution in [3.05, 3.63) is 27.7 Å². The third-order valence-corrected chi connectivity index (χ3v) is 2.49. The first-order chi connectivity index (χ1) is 7.90. The van der Waals surface area contributed by atoms with E-state index in [0.717, 1.165) is 0 Å². The molecule has 17 heavy (non-hydrogen) atoms. The third-order valence-electron chi connectivity index (χ3n) is 1.99. The van der Waals surface area contributed by atoms with Crippen molar-refractivity contribution < 1.29 is 14.6 Å². The van der Waals surface area contributed by atoms with E-state index in [1.807, 2.05) is 13.8 Å². The molecule has 0 amide bonds. The summed E-state index contributed by atoms with van der Waals surface area (Å²) in [4.78, 5) is 10.7. The molecular formula is C12H14Cl2O3. The summed E-state index contributed by atoms with van der Waals surface area (Å²) in [6, 6.07) is 3.11. The van der Waals surface area contributed by atoms with Crippen LogP contribution < -0.4 is 4.74 Å². The topological polar surface area (TPSA) is 46.5 Å². The molecule has 1 aromatic rings. The fraction of sp³-hybridized carbons (Fsp3) is 0.417. The monoisotopic (exact) mass is 276 g/mol. The van der Waals surface area contributed by atoms with Gasteiger partial charge in [-0.05, 0) is 18.1 Å². The fourth-order valence-electron chi connectivity index (χ4n) is 1.32. The predicted molar refractivity (Wildman–Crippen MR) is 68.1 cm³/mol. The minimum Gasteiger partial charge on any atom is -0.491 e. The van der Waals surface area contributed by atoms with Crippen molar-refractivity contribution in [3.8, 4) is 5.75 Å². The quantitative estimate of drug-likeness (QED) is 0.893. The highest BCUT2D eigenvalue weighted by molar-refractivity contribution is 6.35. The molecule has 0 saturated heterocycles. The third kappa shape index (κ3) is 4.44. The molecule has 0 radical (unpaired) electrons. The molecule has 0 aromatic heterocycles. The Bertz CT molecular complexity index is 416. The molecule has 0 fully saturated rings. The lowest BCUT2D eigenvalue weighted by atomic mass is 10.1. The van der Waals surface area contributed by atoms with Crippen molar-refractivity contribution >= 4 is 29.2 Å². The van der Waals surface area contributed by atoms with E-state index < -0.39 is 5.97 Å². The van der Waals surface area contributed by atoms with E-state index in [2.05, 4.69) is 0 Å². The average molecular weight is 277 g/mol. The van der Waals surface area contributed by atoms with Gasteiger partial charge in [0, 0.05) is 10.6 Å². The molecule has 0 aliphatic rings. The molecule has 1 aromatic carbocycles. The molecular weight excluding hydrogens is 263 g/mol. The Labute approximate surface area is 110 Å². The molecule has 0 aliphatic heterocycles. The van der Waals surface area contributed by atoms with Gasteiger partial charge in [-0.2, -0.15) is 0 Å². The van der Waals surface area contributed by atoms with Gasteiger partial charge >= 0.3 is 5.97 Å². The predicted octanol–water partition coefficient (Wildman–Crippen LogP) is 3.66. The molecule has 1 rings (SSSR count). The lowest BCUT2D eigenvalue weighted by Crippen LogP contribution is -2.09. The number of halogens is 2. The van der Waals surface area contributed by atoms with Crippen LogP contribution in [0.3, 0.4) is 0 Å². The van der Waals surface area contributed by atoms with Crippen LogP contribution in [0.15, 0.2) is 12.1 Å². The van der Waals surface area contributed by atoms with Crippen LogP contribution in [0.25, 0.3) is 0 Å². The SMILES string of the molecule is CC(C)COc1c(Cl)cc(Cl)cc1CC(=O)O. The van der Waals surface area contributed by atoms with Gasteiger partial charge in [-0.3, -0.25) is 4.79 Å². The number of carbonyl (C=O) groups is 1. The largest absolute Gasteiger partial charge is 0.491 e. The molecule has 0 aliphatic carbocycles. The lowest BCUT2D eigenvalue weighted by molar-refractivity contribution is -0.136. The first kappa shape index (κ1) is 14.1. The smallest absolute Gasteiger partial charge is 0.307 e. The zero-order chi connectivity index (χ0) is 13.0. The molecule has 0 unspecified atom stereocenters. The Morgan fingerprint density at radius 2 is 2.06 bits per heavy atom. The molecule has 1 N–H and O–H groups in total. The van der Waals surface area contributed by atoms with Crippen LogP contribution in [0, 0.1) is 5.92 Å². The van der Waals surface area contributed by atoms with E-state index in [4.69, 9.17) is 33.0 Å². The summed E-state index contributed by atoms with van der Waals surface area (Å²) in [5, 5.41) is 9.56. The van der Waals surface area contributed by atoms with Crippen LogP contribution in [0.4, 0.5) is 0 Å². The van der Waals surface area contributed by atoms with Gasteiger partial charge in [-0.25, -0.2) is 0 Å². The van der Waals surface area contributed by atoms with Gasteiger partial charge in [-0.1, -0.05) is 37.0 Å². The zero-order valence-corrected chi connectivity index (χ0v) is 11.2. The van der Waals surface area contributed by atoms with Gasteiger partial charge in [0.25, 0.3) is 0 Å². The minimum atomic E-state index is -0.947. The lowest BCUT2D eigenvalue weighted by Gasteiger charge is -2.14. The zero-order valence-electron chi connectivity index (χ0n) is 9.67. The fourth-order valence-corrected chi connectivity index (χ4v) is 1.91. The summed E-state index contributed by atoms with van der Waals surface area (Å²) in [5.41, 5.74) is 0.496. The summed E-state index contributed by atoms with van der Waals surface area (Å²) in [5.74, 6) is -0.204. The Morgan fingerprint density at radius 3 is 2.59 bits per heavy atom. The summed E-state index contributed by atoms with van der Waals surface area (Å²) < 4.78 is 5.53. The molecule has 3 nitrogen and oxygen atoms in total. The first-order valence-corrected chi connectivity index (χ1v) is 5.98. The minimum absolute atomic E-state index is 0.159. The highest BCUT2D eigenvalue weighted by Gasteiger charge is 2.14. The Balaban J connectivity index is 3.02. The maximum Gasteiger partial charge on any atom is 0.307 e. The van der Waals surface area contributed by atoms with Gasteiger partial charge in [0.05, 0.1) is 18.1 Å². The van der Waals surface area contributed by atoms with Crippen LogP contribution in [0.1, 0.15) is 19.4 Å². The van der Waals surface area contributed by atoms with E-state index >= 15 is 0 Å². The van der Waals surface area contributed by atoms with Crippen molar-refractivity contribution in [1.82, 2.24) is 0 Å². The van der Waals surface area contributed by atoms with E-state index in [1.54, 1.807) is 12.1 Å². The maximum absolute atomic E-state index is 10.7. The number of rotatable bonds is 5. The highest BCUT2D eigenvalue weighted by Crippen LogP contribution is 2.33. The second-order valence-electron chi connectivity index (χ2n) is 4.15. The van der Waals surface area contributed by atoms with Crippen LogP contribution in [0.2, 0.25) is 10.0 Å². The molecule has 0 heterocycles. The molecule has 94 valence electrons. The molecule has 0 saturated carbocycles. The first-order valence-electron chi connectivity index (χ1n) is 5.22. The van der Waals surface area contributed by atoms with Crippen molar-refractivity contribution in [3.63, 3.8) is 0 Å². The van der Waals surface area contributed by atoms with Gasteiger partial charge in [0.15, 0.2) is 0 Å². The number of ether oxygens (including phenoxy) is 1. The maximum atomic E-state index is 10.7. The second-order valence-corrected chi connectivity index (χ2v) is 4.99. The Kier molecular flexibility index (Phi) is 5.09. The van der Waals surface area contributed by atoms with E-state index in [0.29, 0.717) is 33.9 Å². The van der Waals surface area contributed by atoms with Gasteiger partial charge < -0.3 is 9.84 Å². The van der Waals surface area contributed by atoms with E-state index in [1.165, 1.54) is 0 Å². The van der Waals surface area contributed by atoms with Gasteiger partial charge in [0.1, 0.15) is 5.75 Å². The summed E-state index contributed by atoms with van der Waals surface area (Å²) in [7, 11) is 0. The Hall–Kier alpha value is -0.930. The number of hydrogen-bond donors (Lipinski definition) is 1. The normalized spacial score (nSPS) is 10.6. The summed E-state index contributed by atoms with van der Waals surface area (Å²) in [6.45, 7) is 4.48. The van der Waals surface area contributed by atoms with Crippen molar-refractivity contribution in [2.45, 2.75) is 20.3 Å². The van der Waals surface area contributed by atoms with Crippen LogP contribution in [0.5, 0.6) is 5.75 Å². The van der Waals surface area contributed by atoms with Gasteiger partial charge in [0.2, 0.25) is 0 Å². The van der Waals surface area contributed by atoms with Crippen molar-refractivity contribution in [1.29, 1.82) is 0 Å².